The average molecular weight is 277 g/mol. The van der Waals surface area contributed by atoms with Crippen LogP contribution in [0.3, 0.4) is 0 Å². The summed E-state index contributed by atoms with van der Waals surface area (Å²) in [7, 11) is 1.92. The Labute approximate surface area is 119 Å². The summed E-state index contributed by atoms with van der Waals surface area (Å²) in [6.07, 6.45) is 5.11. The van der Waals surface area contributed by atoms with Crippen molar-refractivity contribution in [2.75, 3.05) is 18.0 Å². The van der Waals surface area contributed by atoms with Gasteiger partial charge in [-0.05, 0) is 31.3 Å². The largest absolute Gasteiger partial charge is 0.478 e. The molecular weight excluding hydrogens is 254 g/mol. The van der Waals surface area contributed by atoms with E-state index in [1.54, 1.807) is 6.08 Å². The van der Waals surface area contributed by atoms with Crippen LogP contribution in [0, 0.1) is 12.3 Å². The zero-order valence-electron chi connectivity index (χ0n) is 12.7. The van der Waals surface area contributed by atoms with Crippen LogP contribution in [0.4, 0.5) is 5.82 Å². The molecule has 0 atom stereocenters. The van der Waals surface area contributed by atoms with Gasteiger partial charge in [-0.2, -0.15) is 5.10 Å². The van der Waals surface area contributed by atoms with Crippen molar-refractivity contribution < 1.29 is 9.90 Å². The highest BCUT2D eigenvalue weighted by Gasteiger charge is 2.28. The SMILES string of the molecule is Cc1nn(C)c(N2CCC(C)(C)CC2)c1C=CC(=O)O. The van der Waals surface area contributed by atoms with E-state index in [0.717, 1.165) is 43.0 Å². The lowest BCUT2D eigenvalue weighted by atomic mass is 9.82. The summed E-state index contributed by atoms with van der Waals surface area (Å²) >= 11 is 0. The first-order chi connectivity index (χ1) is 9.30. The Hall–Kier alpha value is -1.78. The van der Waals surface area contributed by atoms with Crippen molar-refractivity contribution in [1.29, 1.82) is 0 Å². The van der Waals surface area contributed by atoms with Crippen LogP contribution in [0.1, 0.15) is 37.9 Å². The average Bonchev–Trinajstić information content (AvgIpc) is 2.61. The molecule has 2 rings (SSSR count). The number of piperidine rings is 1. The molecule has 0 aromatic carbocycles. The summed E-state index contributed by atoms with van der Waals surface area (Å²) < 4.78 is 1.86. The molecule has 5 heteroatoms. The fourth-order valence-corrected chi connectivity index (χ4v) is 2.71. The van der Waals surface area contributed by atoms with E-state index < -0.39 is 5.97 Å². The van der Waals surface area contributed by atoms with E-state index in [0.29, 0.717) is 5.41 Å². The third kappa shape index (κ3) is 3.03. The van der Waals surface area contributed by atoms with Crippen molar-refractivity contribution in [3.8, 4) is 0 Å². The van der Waals surface area contributed by atoms with Crippen LogP contribution in [-0.2, 0) is 11.8 Å². The van der Waals surface area contributed by atoms with Crippen LogP contribution in [-0.4, -0.2) is 33.9 Å². The van der Waals surface area contributed by atoms with Gasteiger partial charge in [0.1, 0.15) is 5.82 Å². The van der Waals surface area contributed by atoms with Gasteiger partial charge >= 0.3 is 5.97 Å². The van der Waals surface area contributed by atoms with Gasteiger partial charge in [0, 0.05) is 31.8 Å². The number of hydrogen-bond donors (Lipinski definition) is 1. The Morgan fingerprint density at radius 3 is 2.50 bits per heavy atom. The number of aromatic nitrogens is 2. The molecule has 0 saturated carbocycles. The number of aliphatic carboxylic acids is 1. The number of hydrogen-bond acceptors (Lipinski definition) is 3. The molecular formula is C15H23N3O2. The molecule has 1 N–H and O–H groups in total. The molecule has 5 nitrogen and oxygen atoms in total. The van der Waals surface area contributed by atoms with Gasteiger partial charge < -0.3 is 10.0 Å². The molecule has 1 aliphatic rings. The molecule has 0 bridgehead atoms. The molecule has 1 aromatic rings. The first kappa shape index (κ1) is 14.6. The third-order valence-electron chi connectivity index (χ3n) is 4.05. The minimum Gasteiger partial charge on any atom is -0.478 e. The van der Waals surface area contributed by atoms with Crippen LogP contribution >= 0.6 is 0 Å². The van der Waals surface area contributed by atoms with Gasteiger partial charge in [0.25, 0.3) is 0 Å². The lowest BCUT2D eigenvalue weighted by Gasteiger charge is -2.38. The molecule has 0 amide bonds. The predicted molar refractivity (Wildman–Crippen MR) is 79.8 cm³/mol. The zero-order chi connectivity index (χ0) is 14.9. The first-order valence-electron chi connectivity index (χ1n) is 7.00. The summed E-state index contributed by atoms with van der Waals surface area (Å²) in [5.74, 6) is 0.0921. The van der Waals surface area contributed by atoms with Crippen molar-refractivity contribution in [2.45, 2.75) is 33.6 Å². The number of rotatable bonds is 3. The lowest BCUT2D eigenvalue weighted by Crippen LogP contribution is -2.38. The van der Waals surface area contributed by atoms with Gasteiger partial charge in [-0.15, -0.1) is 0 Å². The second-order valence-electron chi connectivity index (χ2n) is 6.27. The van der Waals surface area contributed by atoms with Crippen LogP contribution in [0.2, 0.25) is 0 Å². The monoisotopic (exact) mass is 277 g/mol. The van der Waals surface area contributed by atoms with Crippen LogP contribution in [0.5, 0.6) is 0 Å². The molecule has 1 aromatic heterocycles. The molecule has 1 aliphatic heterocycles. The second kappa shape index (κ2) is 5.31. The topological polar surface area (TPSA) is 58.4 Å². The Bertz CT molecular complexity index is 534. The van der Waals surface area contributed by atoms with Gasteiger partial charge in [-0.3, -0.25) is 4.68 Å². The van der Waals surface area contributed by atoms with Crippen molar-refractivity contribution in [2.24, 2.45) is 12.5 Å². The third-order valence-corrected chi connectivity index (χ3v) is 4.05. The Kier molecular flexibility index (Phi) is 3.88. The lowest BCUT2D eigenvalue weighted by molar-refractivity contribution is -0.131. The van der Waals surface area contributed by atoms with E-state index >= 15 is 0 Å². The maximum absolute atomic E-state index is 10.7. The van der Waals surface area contributed by atoms with E-state index in [1.807, 2.05) is 18.7 Å². The van der Waals surface area contributed by atoms with Crippen LogP contribution < -0.4 is 4.90 Å². The highest BCUT2D eigenvalue weighted by molar-refractivity contribution is 5.87. The van der Waals surface area contributed by atoms with Gasteiger partial charge in [0.2, 0.25) is 0 Å². The van der Waals surface area contributed by atoms with E-state index in [2.05, 4.69) is 23.8 Å². The molecule has 0 radical (unpaired) electrons. The standard InChI is InChI=1S/C15H23N3O2/c1-11-12(5-6-13(19)20)14(17(4)16-11)18-9-7-15(2,3)8-10-18/h5-6H,7-10H2,1-4H3,(H,19,20). The van der Waals surface area contributed by atoms with Crippen LogP contribution in [0.25, 0.3) is 6.08 Å². The molecule has 0 spiro atoms. The van der Waals surface area contributed by atoms with Gasteiger partial charge in [0.15, 0.2) is 0 Å². The quantitative estimate of drug-likeness (QED) is 0.862. The fraction of sp³-hybridized carbons (Fsp3) is 0.600. The highest BCUT2D eigenvalue weighted by atomic mass is 16.4. The number of aryl methyl sites for hydroxylation is 2. The number of anilines is 1. The number of carboxylic acids is 1. The predicted octanol–water partition coefficient (Wildman–Crippen LogP) is 2.45. The fourth-order valence-electron chi connectivity index (χ4n) is 2.71. The Balaban J connectivity index is 2.30. The van der Waals surface area contributed by atoms with E-state index in [9.17, 15) is 4.79 Å². The van der Waals surface area contributed by atoms with Crippen molar-refractivity contribution in [3.63, 3.8) is 0 Å². The van der Waals surface area contributed by atoms with Gasteiger partial charge in [-0.1, -0.05) is 13.8 Å². The Morgan fingerprint density at radius 1 is 1.35 bits per heavy atom. The molecule has 2 heterocycles. The van der Waals surface area contributed by atoms with E-state index in [1.165, 1.54) is 6.08 Å². The summed E-state index contributed by atoms with van der Waals surface area (Å²) in [6.45, 7) is 8.48. The normalized spacial score (nSPS) is 18.7. The highest BCUT2D eigenvalue weighted by Crippen LogP contribution is 2.34. The minimum atomic E-state index is -0.931. The summed E-state index contributed by atoms with van der Waals surface area (Å²) in [4.78, 5) is 13.0. The molecule has 20 heavy (non-hydrogen) atoms. The number of nitrogens with zero attached hydrogens (tertiary/aromatic N) is 3. The van der Waals surface area contributed by atoms with Crippen molar-refractivity contribution in [1.82, 2.24) is 9.78 Å². The molecule has 0 aliphatic carbocycles. The van der Waals surface area contributed by atoms with Gasteiger partial charge in [0.05, 0.1) is 5.69 Å². The summed E-state index contributed by atoms with van der Waals surface area (Å²) in [6, 6.07) is 0. The summed E-state index contributed by atoms with van der Waals surface area (Å²) in [5.41, 5.74) is 2.17. The molecule has 0 unspecified atom stereocenters. The maximum Gasteiger partial charge on any atom is 0.328 e. The molecule has 1 saturated heterocycles. The minimum absolute atomic E-state index is 0.390. The smallest absolute Gasteiger partial charge is 0.328 e. The Morgan fingerprint density at radius 2 is 1.95 bits per heavy atom. The zero-order valence-corrected chi connectivity index (χ0v) is 12.7. The van der Waals surface area contributed by atoms with Gasteiger partial charge in [-0.25, -0.2) is 4.79 Å². The first-order valence-corrected chi connectivity index (χ1v) is 7.00. The number of carboxylic acid groups (broad SMARTS) is 1. The van der Waals surface area contributed by atoms with Crippen molar-refractivity contribution in [3.05, 3.63) is 17.3 Å². The molecule has 1 fully saturated rings. The van der Waals surface area contributed by atoms with E-state index in [4.69, 9.17) is 5.11 Å². The second-order valence-corrected chi connectivity index (χ2v) is 6.27. The van der Waals surface area contributed by atoms with Crippen LogP contribution in [0.15, 0.2) is 6.08 Å². The maximum atomic E-state index is 10.7. The van der Waals surface area contributed by atoms with E-state index in [-0.39, 0.29) is 0 Å². The summed E-state index contributed by atoms with van der Waals surface area (Å²) in [5, 5.41) is 13.2. The number of carbonyl (C=O) groups is 1. The van der Waals surface area contributed by atoms with Crippen molar-refractivity contribution >= 4 is 17.9 Å². The molecule has 110 valence electrons.